The largest absolute Gasteiger partial charge is 0.497 e. The number of carbonyl (C=O) groups excluding carboxylic acids is 1. The van der Waals surface area contributed by atoms with Gasteiger partial charge in [0.2, 0.25) is 5.91 Å². The van der Waals surface area contributed by atoms with Crippen LogP contribution < -0.4 is 20.3 Å². The zero-order valence-electron chi connectivity index (χ0n) is 15.5. The van der Waals surface area contributed by atoms with Crippen molar-refractivity contribution in [3.63, 3.8) is 0 Å². The highest BCUT2D eigenvalue weighted by molar-refractivity contribution is 5.91. The molecule has 7 nitrogen and oxygen atoms in total. The molecule has 0 aliphatic carbocycles. The molecule has 0 saturated heterocycles. The van der Waals surface area contributed by atoms with Crippen molar-refractivity contribution < 1.29 is 14.3 Å². The number of benzene rings is 2. The van der Waals surface area contributed by atoms with Crippen molar-refractivity contribution in [2.75, 3.05) is 19.0 Å². The fraction of sp³-hybridized carbons (Fsp3) is 0.190. The molecule has 1 amide bonds. The molecule has 1 aromatic heterocycles. The number of amides is 1. The molecule has 1 heterocycles. The number of aromatic nitrogens is 2. The second-order valence-corrected chi connectivity index (χ2v) is 6.06. The van der Waals surface area contributed by atoms with Gasteiger partial charge in [-0.05, 0) is 48.9 Å². The van der Waals surface area contributed by atoms with E-state index in [1.807, 2.05) is 42.5 Å². The first-order chi connectivity index (χ1) is 13.6. The summed E-state index contributed by atoms with van der Waals surface area (Å²) in [6.45, 7) is 0.446. The maximum Gasteiger partial charge on any atom is 0.264 e. The first kappa shape index (κ1) is 19.2. The number of anilines is 1. The van der Waals surface area contributed by atoms with Gasteiger partial charge in [-0.2, -0.15) is 5.10 Å². The number of rotatable bonds is 8. The lowest BCUT2D eigenvalue weighted by molar-refractivity contribution is -0.116. The number of hydrogen-bond acceptors (Lipinski definition) is 5. The monoisotopic (exact) mass is 379 g/mol. The molecule has 0 saturated carbocycles. The standard InChI is InChI=1S/C21H21N3O4/c1-27-17-7-9-18(10-8-17)28-13-3-6-20(25)22-16-5-2-4-15(14-16)19-11-12-21(26)24-23-19/h2,4-5,7-12,14H,3,6,13H2,1H3,(H,22,25)(H,24,26). The van der Waals surface area contributed by atoms with Crippen molar-refractivity contribution in [3.8, 4) is 22.8 Å². The Morgan fingerprint density at radius 1 is 1.07 bits per heavy atom. The van der Waals surface area contributed by atoms with Gasteiger partial charge < -0.3 is 14.8 Å². The van der Waals surface area contributed by atoms with Crippen LogP contribution in [0.25, 0.3) is 11.3 Å². The van der Waals surface area contributed by atoms with E-state index in [0.29, 0.717) is 30.8 Å². The molecule has 7 heteroatoms. The van der Waals surface area contributed by atoms with Crippen LogP contribution in [0.15, 0.2) is 65.5 Å². The van der Waals surface area contributed by atoms with Crippen molar-refractivity contribution >= 4 is 11.6 Å². The fourth-order valence-corrected chi connectivity index (χ4v) is 2.58. The van der Waals surface area contributed by atoms with Gasteiger partial charge in [0.25, 0.3) is 5.56 Å². The molecule has 144 valence electrons. The highest BCUT2D eigenvalue weighted by Gasteiger charge is 2.05. The third-order valence-corrected chi connectivity index (χ3v) is 4.00. The van der Waals surface area contributed by atoms with E-state index >= 15 is 0 Å². The molecule has 0 fully saturated rings. The topological polar surface area (TPSA) is 93.3 Å². The van der Waals surface area contributed by atoms with Crippen LogP contribution in [0, 0.1) is 0 Å². The molecule has 2 aromatic carbocycles. The number of nitrogens with zero attached hydrogens (tertiary/aromatic N) is 1. The number of methoxy groups -OCH3 is 1. The normalized spacial score (nSPS) is 10.3. The van der Waals surface area contributed by atoms with Crippen molar-refractivity contribution in [2.24, 2.45) is 0 Å². The van der Waals surface area contributed by atoms with Crippen molar-refractivity contribution in [1.82, 2.24) is 10.2 Å². The number of nitrogens with one attached hydrogen (secondary N) is 2. The summed E-state index contributed by atoms with van der Waals surface area (Å²) in [5, 5.41) is 9.26. The summed E-state index contributed by atoms with van der Waals surface area (Å²) in [6.07, 6.45) is 0.941. The van der Waals surface area contributed by atoms with E-state index in [9.17, 15) is 9.59 Å². The van der Waals surface area contributed by atoms with Gasteiger partial charge in [0.15, 0.2) is 0 Å². The molecular formula is C21H21N3O4. The first-order valence-electron chi connectivity index (χ1n) is 8.87. The Morgan fingerprint density at radius 3 is 2.57 bits per heavy atom. The van der Waals surface area contributed by atoms with Crippen LogP contribution >= 0.6 is 0 Å². The molecule has 0 bridgehead atoms. The summed E-state index contributed by atoms with van der Waals surface area (Å²) in [5.41, 5.74) is 1.84. The Hall–Kier alpha value is -3.61. The lowest BCUT2D eigenvalue weighted by Gasteiger charge is -2.09. The molecule has 2 N–H and O–H groups in total. The minimum atomic E-state index is -0.259. The third kappa shape index (κ3) is 5.44. The van der Waals surface area contributed by atoms with Gasteiger partial charge in [-0.3, -0.25) is 9.59 Å². The summed E-state index contributed by atoms with van der Waals surface area (Å²) in [6, 6.07) is 17.7. The van der Waals surface area contributed by atoms with Crippen LogP contribution in [-0.2, 0) is 4.79 Å². The van der Waals surface area contributed by atoms with Gasteiger partial charge in [-0.15, -0.1) is 0 Å². The Morgan fingerprint density at radius 2 is 1.86 bits per heavy atom. The van der Waals surface area contributed by atoms with Crippen LogP contribution in [0.4, 0.5) is 5.69 Å². The quantitative estimate of drug-likeness (QED) is 0.586. The lowest BCUT2D eigenvalue weighted by atomic mass is 10.1. The van der Waals surface area contributed by atoms with Gasteiger partial charge in [-0.1, -0.05) is 12.1 Å². The molecule has 0 radical (unpaired) electrons. The third-order valence-electron chi connectivity index (χ3n) is 4.00. The van der Waals surface area contributed by atoms with Crippen molar-refractivity contribution in [2.45, 2.75) is 12.8 Å². The van der Waals surface area contributed by atoms with E-state index < -0.39 is 0 Å². The Labute approximate surface area is 162 Å². The highest BCUT2D eigenvalue weighted by Crippen LogP contribution is 2.20. The predicted octanol–water partition coefficient (Wildman–Crippen LogP) is 3.24. The maximum absolute atomic E-state index is 12.2. The second-order valence-electron chi connectivity index (χ2n) is 6.06. The number of ether oxygens (including phenoxy) is 2. The summed E-state index contributed by atoms with van der Waals surface area (Å²) in [4.78, 5) is 23.3. The average Bonchev–Trinajstić information content (AvgIpc) is 2.72. The molecule has 0 aliphatic rings. The van der Waals surface area contributed by atoms with Crippen LogP contribution in [0.5, 0.6) is 11.5 Å². The van der Waals surface area contributed by atoms with E-state index in [-0.39, 0.29) is 11.5 Å². The molecular weight excluding hydrogens is 358 g/mol. The van der Waals surface area contributed by atoms with Gasteiger partial charge in [0, 0.05) is 23.7 Å². The smallest absolute Gasteiger partial charge is 0.264 e. The summed E-state index contributed by atoms with van der Waals surface area (Å²) >= 11 is 0. The SMILES string of the molecule is COc1ccc(OCCCC(=O)Nc2cccc(-c3ccc(=O)[nH]n3)c2)cc1. The van der Waals surface area contributed by atoms with Gasteiger partial charge in [-0.25, -0.2) is 5.10 Å². The van der Waals surface area contributed by atoms with Gasteiger partial charge >= 0.3 is 0 Å². The minimum Gasteiger partial charge on any atom is -0.497 e. The van der Waals surface area contributed by atoms with E-state index in [1.165, 1.54) is 6.07 Å². The molecule has 28 heavy (non-hydrogen) atoms. The van der Waals surface area contributed by atoms with E-state index in [4.69, 9.17) is 9.47 Å². The van der Waals surface area contributed by atoms with E-state index in [0.717, 1.165) is 17.1 Å². The number of hydrogen-bond donors (Lipinski definition) is 2. The Kier molecular flexibility index (Phi) is 6.41. The van der Waals surface area contributed by atoms with Gasteiger partial charge in [0.05, 0.1) is 19.4 Å². The summed E-state index contributed by atoms with van der Waals surface area (Å²) < 4.78 is 10.7. The number of carbonyl (C=O) groups is 1. The molecule has 0 spiro atoms. The maximum atomic E-state index is 12.2. The summed E-state index contributed by atoms with van der Waals surface area (Å²) in [5.74, 6) is 1.42. The van der Waals surface area contributed by atoms with Crippen LogP contribution in [0.1, 0.15) is 12.8 Å². The highest BCUT2D eigenvalue weighted by atomic mass is 16.5. The zero-order chi connectivity index (χ0) is 19.8. The van der Waals surface area contributed by atoms with E-state index in [2.05, 4.69) is 15.5 Å². The Balaban J connectivity index is 1.47. The van der Waals surface area contributed by atoms with Crippen LogP contribution in [0.2, 0.25) is 0 Å². The average molecular weight is 379 g/mol. The van der Waals surface area contributed by atoms with Crippen molar-refractivity contribution in [1.29, 1.82) is 0 Å². The molecule has 0 unspecified atom stereocenters. The molecule has 3 aromatic rings. The van der Waals surface area contributed by atoms with Gasteiger partial charge in [0.1, 0.15) is 11.5 Å². The first-order valence-corrected chi connectivity index (χ1v) is 8.87. The molecule has 3 rings (SSSR count). The minimum absolute atomic E-state index is 0.0927. The van der Waals surface area contributed by atoms with Crippen LogP contribution in [0.3, 0.4) is 0 Å². The van der Waals surface area contributed by atoms with Crippen LogP contribution in [-0.4, -0.2) is 29.8 Å². The predicted molar refractivity (Wildman–Crippen MR) is 107 cm³/mol. The van der Waals surface area contributed by atoms with E-state index in [1.54, 1.807) is 19.2 Å². The van der Waals surface area contributed by atoms with Crippen molar-refractivity contribution in [3.05, 3.63) is 71.0 Å². The second kappa shape index (κ2) is 9.36. The lowest BCUT2D eigenvalue weighted by Crippen LogP contribution is -2.13. The number of H-pyrrole nitrogens is 1. The zero-order valence-corrected chi connectivity index (χ0v) is 15.5. The molecule has 0 atom stereocenters. The number of aromatic amines is 1. The summed E-state index contributed by atoms with van der Waals surface area (Å²) in [7, 11) is 1.61. The molecule has 0 aliphatic heterocycles. The fourth-order valence-electron chi connectivity index (χ4n) is 2.58. The Bertz CT molecular complexity index is 963.